The second kappa shape index (κ2) is 1.48. The van der Waals surface area contributed by atoms with Crippen molar-refractivity contribution in [3.8, 4) is 0 Å². The fourth-order valence-electron chi connectivity index (χ4n) is 3.92. The highest BCUT2D eigenvalue weighted by atomic mass is 32.2. The summed E-state index contributed by atoms with van der Waals surface area (Å²) in [6.45, 7) is 0. The maximum atomic E-state index is 11.5. The van der Waals surface area contributed by atoms with Crippen LogP contribution in [-0.2, 0) is 14.3 Å². The van der Waals surface area contributed by atoms with Gasteiger partial charge in [0.25, 0.3) is 10.1 Å². The molecule has 6 bridgehead atoms. The minimum atomic E-state index is -3.14. The monoisotopic (exact) mass is 186 g/mol. The Labute approximate surface area is 71.2 Å². The van der Waals surface area contributed by atoms with Gasteiger partial charge in [-0.05, 0) is 30.6 Å². The molecule has 6 atom stereocenters. The first-order chi connectivity index (χ1) is 5.68. The second-order valence-corrected chi connectivity index (χ2v) is 6.35. The van der Waals surface area contributed by atoms with Crippen LogP contribution in [0.15, 0.2) is 0 Å². The van der Waals surface area contributed by atoms with Gasteiger partial charge in [-0.25, -0.2) is 0 Å². The summed E-state index contributed by atoms with van der Waals surface area (Å²) in [6, 6.07) is 0. The van der Waals surface area contributed by atoms with Crippen molar-refractivity contribution in [1.82, 2.24) is 0 Å². The first kappa shape index (κ1) is 6.38. The Morgan fingerprint density at radius 3 is 2.50 bits per heavy atom. The lowest BCUT2D eigenvalue weighted by Crippen LogP contribution is -2.30. The smallest absolute Gasteiger partial charge is 0.266 e. The summed E-state index contributed by atoms with van der Waals surface area (Å²) in [6.07, 6.45) is 2.22. The summed E-state index contributed by atoms with van der Waals surface area (Å²) in [5.74, 6) is 2.34. The van der Waals surface area contributed by atoms with E-state index in [1.54, 1.807) is 0 Å². The summed E-state index contributed by atoms with van der Waals surface area (Å²) < 4.78 is 28.1. The molecule has 0 aromatic heterocycles. The van der Waals surface area contributed by atoms with Crippen LogP contribution in [0.4, 0.5) is 0 Å². The third-order valence-electron chi connectivity index (χ3n) is 4.32. The first-order valence-electron chi connectivity index (χ1n) is 4.60. The molecule has 5 rings (SSSR count). The third-order valence-corrected chi connectivity index (χ3v) is 6.16. The van der Waals surface area contributed by atoms with Crippen LogP contribution in [0.1, 0.15) is 12.8 Å². The van der Waals surface area contributed by atoms with Gasteiger partial charge in [-0.3, -0.25) is 4.18 Å². The second-order valence-electron chi connectivity index (χ2n) is 4.63. The van der Waals surface area contributed by atoms with Crippen LogP contribution in [0, 0.1) is 23.7 Å². The molecule has 1 aliphatic heterocycles. The molecular formula is C8H10O3S. The van der Waals surface area contributed by atoms with E-state index in [-0.39, 0.29) is 11.4 Å². The van der Waals surface area contributed by atoms with Crippen LogP contribution >= 0.6 is 0 Å². The van der Waals surface area contributed by atoms with Crippen molar-refractivity contribution in [2.45, 2.75) is 24.2 Å². The van der Waals surface area contributed by atoms with Gasteiger partial charge in [0.05, 0.1) is 11.4 Å². The maximum Gasteiger partial charge on any atom is 0.271 e. The zero-order valence-corrected chi connectivity index (χ0v) is 7.33. The van der Waals surface area contributed by atoms with Crippen molar-refractivity contribution in [3.63, 3.8) is 0 Å². The average Bonchev–Trinajstić information content (AvgIpc) is 2.50. The van der Waals surface area contributed by atoms with E-state index in [0.717, 1.165) is 18.8 Å². The molecule has 5 fully saturated rings. The molecule has 0 aromatic carbocycles. The van der Waals surface area contributed by atoms with Gasteiger partial charge < -0.3 is 0 Å². The van der Waals surface area contributed by atoms with Crippen LogP contribution in [0.25, 0.3) is 0 Å². The Bertz CT molecular complexity index is 360. The minimum Gasteiger partial charge on any atom is -0.266 e. The molecule has 1 saturated heterocycles. The topological polar surface area (TPSA) is 43.4 Å². The first-order valence-corrected chi connectivity index (χ1v) is 6.08. The molecule has 5 aliphatic rings. The summed E-state index contributed by atoms with van der Waals surface area (Å²) >= 11 is 0. The fourth-order valence-corrected chi connectivity index (χ4v) is 6.12. The van der Waals surface area contributed by atoms with Gasteiger partial charge in [0, 0.05) is 5.92 Å². The predicted molar refractivity (Wildman–Crippen MR) is 40.8 cm³/mol. The van der Waals surface area contributed by atoms with E-state index >= 15 is 0 Å². The van der Waals surface area contributed by atoms with Crippen molar-refractivity contribution in [1.29, 1.82) is 0 Å². The van der Waals surface area contributed by atoms with E-state index in [1.165, 1.54) is 0 Å². The minimum absolute atomic E-state index is 0.0694. The van der Waals surface area contributed by atoms with Crippen LogP contribution in [0.3, 0.4) is 0 Å². The average molecular weight is 186 g/mol. The number of rotatable bonds is 0. The molecule has 0 aromatic rings. The number of hydrogen-bond acceptors (Lipinski definition) is 3. The molecular weight excluding hydrogens is 176 g/mol. The Morgan fingerprint density at radius 1 is 1.08 bits per heavy atom. The lowest BCUT2D eigenvalue weighted by molar-refractivity contribution is 0.125. The molecule has 4 saturated carbocycles. The Hall–Kier alpha value is -0.0900. The van der Waals surface area contributed by atoms with Crippen molar-refractivity contribution >= 4 is 10.1 Å². The maximum absolute atomic E-state index is 11.5. The van der Waals surface area contributed by atoms with E-state index in [1.807, 2.05) is 0 Å². The van der Waals surface area contributed by atoms with Crippen LogP contribution in [-0.4, -0.2) is 19.8 Å². The molecule has 3 nitrogen and oxygen atoms in total. The molecule has 1 heterocycles. The lowest BCUT2D eigenvalue weighted by Gasteiger charge is -2.24. The van der Waals surface area contributed by atoms with Crippen molar-refractivity contribution in [2.24, 2.45) is 23.7 Å². The Kier molecular flexibility index (Phi) is 0.786. The van der Waals surface area contributed by atoms with Gasteiger partial charge >= 0.3 is 0 Å². The fraction of sp³-hybridized carbons (Fsp3) is 1.00. The number of hydrogen-bond donors (Lipinski definition) is 0. The molecule has 4 heteroatoms. The summed E-state index contributed by atoms with van der Waals surface area (Å²) in [4.78, 5) is 0. The van der Waals surface area contributed by atoms with Crippen molar-refractivity contribution < 1.29 is 12.6 Å². The largest absolute Gasteiger partial charge is 0.271 e. The van der Waals surface area contributed by atoms with E-state index in [4.69, 9.17) is 4.18 Å². The highest BCUT2D eigenvalue weighted by Crippen LogP contribution is 2.71. The van der Waals surface area contributed by atoms with E-state index < -0.39 is 10.1 Å². The van der Waals surface area contributed by atoms with Crippen LogP contribution < -0.4 is 0 Å². The molecule has 6 unspecified atom stereocenters. The van der Waals surface area contributed by atoms with E-state index in [9.17, 15) is 8.42 Å². The summed E-state index contributed by atoms with van der Waals surface area (Å²) in [5, 5.41) is -0.0914. The van der Waals surface area contributed by atoms with Crippen molar-refractivity contribution in [2.75, 3.05) is 0 Å². The molecule has 0 radical (unpaired) electrons. The SMILES string of the molecule is O=S1(=O)OC2CC3C4CC2C1C34. The molecule has 12 heavy (non-hydrogen) atoms. The van der Waals surface area contributed by atoms with Gasteiger partial charge in [-0.2, -0.15) is 8.42 Å². The molecule has 66 valence electrons. The normalized spacial score (nSPS) is 68.3. The Balaban J connectivity index is 1.97. The quantitative estimate of drug-likeness (QED) is 0.513. The van der Waals surface area contributed by atoms with Gasteiger partial charge in [0.2, 0.25) is 0 Å². The van der Waals surface area contributed by atoms with Gasteiger partial charge in [0.1, 0.15) is 0 Å². The van der Waals surface area contributed by atoms with Crippen molar-refractivity contribution in [3.05, 3.63) is 0 Å². The summed E-state index contributed by atoms with van der Waals surface area (Å²) in [5.41, 5.74) is 0. The van der Waals surface area contributed by atoms with E-state index in [0.29, 0.717) is 17.8 Å². The standard InChI is InChI=1S/C8H10O3S/c9-12(10)8-5-1-3-4(7(3)8)2-6(5)11-12/h3-8H,1-2H2. The van der Waals surface area contributed by atoms with E-state index in [2.05, 4.69) is 0 Å². The van der Waals surface area contributed by atoms with Gasteiger partial charge in [-0.15, -0.1) is 0 Å². The zero-order chi connectivity index (χ0) is 8.09. The van der Waals surface area contributed by atoms with Gasteiger partial charge in [0.15, 0.2) is 0 Å². The van der Waals surface area contributed by atoms with Crippen LogP contribution in [0.2, 0.25) is 0 Å². The predicted octanol–water partition coefficient (Wildman–Crippen LogP) is 0.369. The summed E-state index contributed by atoms with van der Waals surface area (Å²) in [7, 11) is -3.14. The Morgan fingerprint density at radius 2 is 1.83 bits per heavy atom. The highest BCUT2D eigenvalue weighted by molar-refractivity contribution is 7.87. The lowest BCUT2D eigenvalue weighted by atomic mass is 9.83. The van der Waals surface area contributed by atoms with Crippen LogP contribution in [0.5, 0.6) is 0 Å². The molecule has 0 N–H and O–H groups in total. The molecule has 4 aliphatic carbocycles. The zero-order valence-electron chi connectivity index (χ0n) is 6.51. The molecule has 0 spiro atoms. The third kappa shape index (κ3) is 0.470. The van der Waals surface area contributed by atoms with Gasteiger partial charge in [-0.1, -0.05) is 0 Å². The highest BCUT2D eigenvalue weighted by Gasteiger charge is 2.74. The molecule has 0 amide bonds.